The molecule has 0 fully saturated rings. The van der Waals surface area contributed by atoms with E-state index in [0.29, 0.717) is 26.4 Å². The molecule has 0 bridgehead atoms. The SMILES string of the molecule is Cc1cccc(/C=N\n2c(COc3cc(Cl)ccc3Cl)n[nH]c2=S)c1. The summed E-state index contributed by atoms with van der Waals surface area (Å²) in [6.07, 6.45) is 1.72. The number of benzene rings is 2. The Morgan fingerprint density at radius 2 is 2.12 bits per heavy atom. The van der Waals surface area contributed by atoms with E-state index in [1.165, 1.54) is 4.68 Å². The molecule has 0 radical (unpaired) electrons. The van der Waals surface area contributed by atoms with Crippen molar-refractivity contribution in [2.45, 2.75) is 13.5 Å². The average molecular weight is 393 g/mol. The largest absolute Gasteiger partial charge is 0.484 e. The number of nitrogens with zero attached hydrogens (tertiary/aromatic N) is 3. The van der Waals surface area contributed by atoms with Crippen LogP contribution in [0.5, 0.6) is 5.75 Å². The van der Waals surface area contributed by atoms with E-state index >= 15 is 0 Å². The minimum absolute atomic E-state index is 0.137. The number of halogens is 2. The minimum atomic E-state index is 0.137. The second-order valence-corrected chi connectivity index (χ2v) is 6.51. The summed E-state index contributed by atoms with van der Waals surface area (Å²) in [4.78, 5) is 0. The van der Waals surface area contributed by atoms with Crippen molar-refractivity contribution in [2.75, 3.05) is 0 Å². The van der Waals surface area contributed by atoms with Crippen LogP contribution in [0.25, 0.3) is 0 Å². The van der Waals surface area contributed by atoms with Gasteiger partial charge in [0.25, 0.3) is 0 Å². The molecule has 0 atom stereocenters. The maximum Gasteiger partial charge on any atom is 0.216 e. The van der Waals surface area contributed by atoms with Gasteiger partial charge in [-0.1, -0.05) is 53.0 Å². The first-order valence-electron chi connectivity index (χ1n) is 7.38. The van der Waals surface area contributed by atoms with Crippen molar-refractivity contribution in [1.29, 1.82) is 0 Å². The van der Waals surface area contributed by atoms with Crippen LogP contribution in [0.3, 0.4) is 0 Å². The Hall–Kier alpha value is -2.15. The summed E-state index contributed by atoms with van der Waals surface area (Å²) in [5, 5.41) is 12.2. The first kappa shape index (κ1) is 17.7. The first-order valence-corrected chi connectivity index (χ1v) is 8.54. The van der Waals surface area contributed by atoms with Crippen molar-refractivity contribution >= 4 is 41.6 Å². The van der Waals surface area contributed by atoms with Gasteiger partial charge in [0.15, 0.2) is 5.82 Å². The van der Waals surface area contributed by atoms with Crippen molar-refractivity contribution in [3.05, 3.63) is 74.2 Å². The van der Waals surface area contributed by atoms with Gasteiger partial charge < -0.3 is 4.74 Å². The molecule has 0 saturated carbocycles. The molecule has 0 aliphatic carbocycles. The Kier molecular flexibility index (Phi) is 5.53. The van der Waals surface area contributed by atoms with Crippen LogP contribution in [0, 0.1) is 11.7 Å². The summed E-state index contributed by atoms with van der Waals surface area (Å²) >= 11 is 17.3. The number of ether oxygens (including phenoxy) is 1. The molecule has 2 aromatic carbocycles. The standard InChI is InChI=1S/C17H14Cl2N4OS/c1-11-3-2-4-12(7-11)9-20-23-16(21-22-17(23)25)10-24-15-8-13(18)5-6-14(15)19/h2-9H,10H2,1H3,(H,22,25)/b20-9-. The van der Waals surface area contributed by atoms with Gasteiger partial charge in [0.05, 0.1) is 11.2 Å². The molecule has 0 aliphatic heterocycles. The first-order chi connectivity index (χ1) is 12.0. The molecule has 3 rings (SSSR count). The molecule has 0 spiro atoms. The van der Waals surface area contributed by atoms with E-state index in [0.717, 1.165) is 11.1 Å². The van der Waals surface area contributed by atoms with Gasteiger partial charge in [0, 0.05) is 11.1 Å². The van der Waals surface area contributed by atoms with Crippen LogP contribution >= 0.6 is 35.4 Å². The van der Waals surface area contributed by atoms with Crippen molar-refractivity contribution in [3.63, 3.8) is 0 Å². The van der Waals surface area contributed by atoms with E-state index in [9.17, 15) is 0 Å². The van der Waals surface area contributed by atoms with Crippen molar-refractivity contribution < 1.29 is 4.74 Å². The molecule has 1 aromatic heterocycles. The molecular weight excluding hydrogens is 379 g/mol. The molecule has 1 N–H and O–H groups in total. The number of hydrogen-bond acceptors (Lipinski definition) is 4. The lowest BCUT2D eigenvalue weighted by atomic mass is 10.2. The molecule has 8 heteroatoms. The van der Waals surface area contributed by atoms with E-state index in [-0.39, 0.29) is 6.61 Å². The minimum Gasteiger partial charge on any atom is -0.484 e. The fraction of sp³-hybridized carbons (Fsp3) is 0.118. The van der Waals surface area contributed by atoms with Crippen LogP contribution in [0.1, 0.15) is 17.0 Å². The molecule has 0 aliphatic rings. The fourth-order valence-corrected chi connectivity index (χ4v) is 2.67. The summed E-state index contributed by atoms with van der Waals surface area (Å²) in [6.45, 7) is 2.16. The molecule has 0 saturated heterocycles. The summed E-state index contributed by atoms with van der Waals surface area (Å²) in [6, 6.07) is 13.0. The van der Waals surface area contributed by atoms with Crippen LogP contribution in [0.2, 0.25) is 10.0 Å². The summed E-state index contributed by atoms with van der Waals surface area (Å²) < 4.78 is 7.57. The Morgan fingerprint density at radius 3 is 2.92 bits per heavy atom. The number of aryl methyl sites for hydroxylation is 1. The number of aromatic nitrogens is 3. The Morgan fingerprint density at radius 1 is 1.28 bits per heavy atom. The highest BCUT2D eigenvalue weighted by molar-refractivity contribution is 7.71. The van der Waals surface area contributed by atoms with Gasteiger partial charge >= 0.3 is 0 Å². The monoisotopic (exact) mass is 392 g/mol. The third kappa shape index (κ3) is 4.48. The van der Waals surface area contributed by atoms with Gasteiger partial charge in [-0.2, -0.15) is 14.9 Å². The molecule has 0 amide bonds. The fourth-order valence-electron chi connectivity index (χ4n) is 2.14. The van der Waals surface area contributed by atoms with Crippen molar-refractivity contribution in [3.8, 4) is 5.75 Å². The second kappa shape index (κ2) is 7.82. The molecule has 25 heavy (non-hydrogen) atoms. The van der Waals surface area contributed by atoms with Gasteiger partial charge in [-0.15, -0.1) is 0 Å². The number of H-pyrrole nitrogens is 1. The van der Waals surface area contributed by atoms with Gasteiger partial charge in [-0.05, 0) is 36.8 Å². The lowest BCUT2D eigenvalue weighted by Gasteiger charge is -2.07. The Labute approximate surface area is 159 Å². The normalized spacial score (nSPS) is 11.2. The second-order valence-electron chi connectivity index (χ2n) is 5.28. The van der Waals surface area contributed by atoms with Gasteiger partial charge in [-0.3, -0.25) is 0 Å². The quantitative estimate of drug-likeness (QED) is 0.489. The van der Waals surface area contributed by atoms with E-state index < -0.39 is 0 Å². The highest BCUT2D eigenvalue weighted by Crippen LogP contribution is 2.28. The van der Waals surface area contributed by atoms with E-state index in [2.05, 4.69) is 15.3 Å². The van der Waals surface area contributed by atoms with E-state index in [4.69, 9.17) is 40.2 Å². The highest BCUT2D eigenvalue weighted by Gasteiger charge is 2.08. The molecule has 1 heterocycles. The summed E-state index contributed by atoms with van der Waals surface area (Å²) in [7, 11) is 0. The number of aromatic amines is 1. The molecule has 128 valence electrons. The number of rotatable bonds is 5. The van der Waals surface area contributed by atoms with Crippen LogP contribution in [0.15, 0.2) is 47.6 Å². The molecule has 0 unspecified atom stereocenters. The van der Waals surface area contributed by atoms with Crippen LogP contribution in [0.4, 0.5) is 0 Å². The topological polar surface area (TPSA) is 55.2 Å². The van der Waals surface area contributed by atoms with Gasteiger partial charge in [0.2, 0.25) is 4.77 Å². The third-order valence-electron chi connectivity index (χ3n) is 3.33. The number of hydrogen-bond donors (Lipinski definition) is 1. The predicted octanol–water partition coefficient (Wildman–Crippen LogP) is 5.02. The average Bonchev–Trinajstić information content (AvgIpc) is 2.94. The zero-order valence-corrected chi connectivity index (χ0v) is 15.6. The Bertz CT molecular complexity index is 981. The van der Waals surface area contributed by atoms with Crippen LogP contribution < -0.4 is 4.74 Å². The number of nitrogens with one attached hydrogen (secondary N) is 1. The van der Waals surface area contributed by atoms with Gasteiger partial charge in [-0.25, -0.2) is 5.10 Å². The zero-order valence-electron chi connectivity index (χ0n) is 13.2. The third-order valence-corrected chi connectivity index (χ3v) is 4.14. The Balaban J connectivity index is 1.80. The maximum absolute atomic E-state index is 6.09. The van der Waals surface area contributed by atoms with Crippen LogP contribution in [-0.4, -0.2) is 21.1 Å². The summed E-state index contributed by atoms with van der Waals surface area (Å²) in [5.41, 5.74) is 2.12. The van der Waals surface area contributed by atoms with Crippen molar-refractivity contribution in [1.82, 2.24) is 14.9 Å². The highest BCUT2D eigenvalue weighted by atomic mass is 35.5. The molecule has 3 aromatic rings. The van der Waals surface area contributed by atoms with E-state index in [1.807, 2.05) is 31.2 Å². The van der Waals surface area contributed by atoms with Crippen LogP contribution in [-0.2, 0) is 6.61 Å². The summed E-state index contributed by atoms with van der Waals surface area (Å²) in [5.74, 6) is 0.988. The maximum atomic E-state index is 6.09. The van der Waals surface area contributed by atoms with Gasteiger partial charge in [0.1, 0.15) is 12.4 Å². The predicted molar refractivity (Wildman–Crippen MR) is 102 cm³/mol. The molecular formula is C17H14Cl2N4OS. The smallest absolute Gasteiger partial charge is 0.216 e. The van der Waals surface area contributed by atoms with E-state index in [1.54, 1.807) is 24.4 Å². The molecule has 5 nitrogen and oxygen atoms in total. The lowest BCUT2D eigenvalue weighted by Crippen LogP contribution is -2.04. The lowest BCUT2D eigenvalue weighted by molar-refractivity contribution is 0.291. The zero-order chi connectivity index (χ0) is 17.8. The van der Waals surface area contributed by atoms with Crippen molar-refractivity contribution in [2.24, 2.45) is 5.10 Å².